The summed E-state index contributed by atoms with van der Waals surface area (Å²) in [5.74, 6) is -2.72. The highest BCUT2D eigenvalue weighted by molar-refractivity contribution is 9.10. The number of nitrogens with two attached hydrogens (primary N) is 1. The molecule has 3 aromatic heterocycles. The number of nitrogens with one attached hydrogen (secondary N) is 1. The zero-order valence-electron chi connectivity index (χ0n) is 14.0. The molecule has 4 rings (SSSR count). The number of hydrogen-bond acceptors (Lipinski definition) is 6. The molecule has 2 atom stereocenters. The smallest absolute Gasteiger partial charge is 0.257 e. The number of aromatic nitrogens is 2. The minimum absolute atomic E-state index is 0.0363. The molecule has 1 aliphatic carbocycles. The second-order valence-electron chi connectivity index (χ2n) is 6.53. The summed E-state index contributed by atoms with van der Waals surface area (Å²) in [6.45, 7) is 0.388. The molecule has 0 bridgehead atoms. The van der Waals surface area contributed by atoms with Gasteiger partial charge in [0.05, 0.1) is 27.9 Å². The number of anilines is 1. The van der Waals surface area contributed by atoms with E-state index in [2.05, 4.69) is 31.2 Å². The van der Waals surface area contributed by atoms with Crippen LogP contribution in [-0.4, -0.2) is 21.9 Å². The molecule has 1 saturated carbocycles. The SMILES string of the molecule is N[C@@H]1CCCC(F)(F)[C@H]1c1sc2c(NCc3ccco3)nc(Cl)nc2c1Br. The van der Waals surface area contributed by atoms with Crippen molar-refractivity contribution < 1.29 is 13.2 Å². The molecule has 10 heteroatoms. The Labute approximate surface area is 171 Å². The Morgan fingerprint density at radius 2 is 2.26 bits per heavy atom. The normalized spacial score (nSPS) is 22.3. The van der Waals surface area contributed by atoms with Gasteiger partial charge < -0.3 is 15.5 Å². The molecule has 0 amide bonds. The van der Waals surface area contributed by atoms with E-state index in [1.807, 2.05) is 6.07 Å². The van der Waals surface area contributed by atoms with Gasteiger partial charge in [-0.3, -0.25) is 0 Å². The Kier molecular flexibility index (Phi) is 5.13. The Bertz CT molecular complexity index is 966. The minimum Gasteiger partial charge on any atom is -0.467 e. The van der Waals surface area contributed by atoms with Gasteiger partial charge >= 0.3 is 0 Å². The van der Waals surface area contributed by atoms with Crippen molar-refractivity contribution >= 4 is 54.9 Å². The lowest BCUT2D eigenvalue weighted by Crippen LogP contribution is -2.43. The molecular weight excluding hydrogens is 462 g/mol. The predicted octanol–water partition coefficient (Wildman–Crippen LogP) is 5.54. The van der Waals surface area contributed by atoms with Crippen molar-refractivity contribution in [3.05, 3.63) is 38.8 Å². The van der Waals surface area contributed by atoms with Gasteiger partial charge in [-0.05, 0) is 52.5 Å². The van der Waals surface area contributed by atoms with Crippen molar-refractivity contribution in [2.75, 3.05) is 5.32 Å². The molecule has 0 radical (unpaired) electrons. The molecule has 0 unspecified atom stereocenters. The highest BCUT2D eigenvalue weighted by atomic mass is 79.9. The van der Waals surface area contributed by atoms with Crippen LogP contribution in [0.4, 0.5) is 14.6 Å². The first-order valence-corrected chi connectivity index (χ1v) is 10.4. The van der Waals surface area contributed by atoms with Crippen LogP contribution in [0.2, 0.25) is 5.28 Å². The van der Waals surface area contributed by atoms with Gasteiger partial charge in [0.25, 0.3) is 5.92 Å². The summed E-state index contributed by atoms with van der Waals surface area (Å²) in [6.07, 6.45) is 2.40. The number of fused-ring (bicyclic) bond motifs is 1. The molecule has 0 spiro atoms. The number of furan rings is 1. The zero-order chi connectivity index (χ0) is 19.2. The fourth-order valence-electron chi connectivity index (χ4n) is 3.44. The number of rotatable bonds is 4. The zero-order valence-corrected chi connectivity index (χ0v) is 17.2. The van der Waals surface area contributed by atoms with Crippen molar-refractivity contribution in [1.82, 2.24) is 9.97 Å². The highest BCUT2D eigenvalue weighted by Crippen LogP contribution is 2.51. The van der Waals surface area contributed by atoms with Gasteiger partial charge in [-0.25, -0.2) is 13.8 Å². The number of alkyl halides is 2. The third-order valence-electron chi connectivity index (χ3n) is 4.70. The number of nitrogens with zero attached hydrogens (tertiary/aromatic N) is 2. The summed E-state index contributed by atoms with van der Waals surface area (Å²) in [5, 5.41) is 3.18. The van der Waals surface area contributed by atoms with E-state index in [9.17, 15) is 8.78 Å². The van der Waals surface area contributed by atoms with Crippen LogP contribution in [-0.2, 0) is 6.54 Å². The first-order valence-electron chi connectivity index (χ1n) is 8.42. The summed E-state index contributed by atoms with van der Waals surface area (Å²) in [7, 11) is 0. The summed E-state index contributed by atoms with van der Waals surface area (Å²) in [6, 6.07) is 3.00. The maximum absolute atomic E-state index is 14.6. The molecular formula is C17H16BrClF2N4OS. The molecule has 1 fully saturated rings. The molecule has 27 heavy (non-hydrogen) atoms. The van der Waals surface area contributed by atoms with E-state index in [4.69, 9.17) is 21.8 Å². The van der Waals surface area contributed by atoms with E-state index in [-0.39, 0.29) is 11.7 Å². The van der Waals surface area contributed by atoms with Crippen LogP contribution in [0.3, 0.4) is 0 Å². The van der Waals surface area contributed by atoms with Crippen LogP contribution in [0, 0.1) is 0 Å². The summed E-state index contributed by atoms with van der Waals surface area (Å²) >= 11 is 10.7. The lowest BCUT2D eigenvalue weighted by atomic mass is 9.81. The van der Waals surface area contributed by atoms with E-state index in [1.54, 1.807) is 12.3 Å². The molecule has 1 aliphatic rings. The number of halogens is 4. The second-order valence-corrected chi connectivity index (χ2v) is 8.71. The van der Waals surface area contributed by atoms with E-state index in [0.717, 1.165) is 5.76 Å². The lowest BCUT2D eigenvalue weighted by molar-refractivity contribution is -0.0603. The Morgan fingerprint density at radius 3 is 2.96 bits per heavy atom. The molecule has 5 nitrogen and oxygen atoms in total. The van der Waals surface area contributed by atoms with Crippen LogP contribution < -0.4 is 11.1 Å². The lowest BCUT2D eigenvalue weighted by Gasteiger charge is -2.35. The van der Waals surface area contributed by atoms with Gasteiger partial charge in [-0.2, -0.15) is 4.98 Å². The van der Waals surface area contributed by atoms with Crippen molar-refractivity contribution in [3.8, 4) is 0 Å². The third kappa shape index (κ3) is 3.57. The maximum Gasteiger partial charge on any atom is 0.257 e. The van der Waals surface area contributed by atoms with E-state index < -0.39 is 17.9 Å². The molecule has 3 heterocycles. The van der Waals surface area contributed by atoms with Crippen LogP contribution in [0.5, 0.6) is 0 Å². The second kappa shape index (κ2) is 7.27. The van der Waals surface area contributed by atoms with Gasteiger partial charge in [0, 0.05) is 17.3 Å². The summed E-state index contributed by atoms with van der Waals surface area (Å²) in [4.78, 5) is 8.95. The fourth-order valence-corrected chi connectivity index (χ4v) is 5.85. The topological polar surface area (TPSA) is 77.0 Å². The Balaban J connectivity index is 1.77. The standard InChI is InChI=1S/C17H16BrClF2N4OS/c18-11-12-14(27-13(11)10-9(22)4-1-5-17(10,20)21)15(25-16(19)24-12)23-7-8-3-2-6-26-8/h2-3,6,9-10H,1,4-5,7,22H2,(H,23,24,25)/t9-,10-/m1/s1. The maximum atomic E-state index is 14.6. The minimum atomic E-state index is -2.86. The van der Waals surface area contributed by atoms with E-state index in [1.165, 1.54) is 11.3 Å². The highest BCUT2D eigenvalue weighted by Gasteiger charge is 2.48. The monoisotopic (exact) mass is 476 g/mol. The fraction of sp³-hybridized carbons (Fsp3) is 0.412. The summed E-state index contributed by atoms with van der Waals surface area (Å²) < 4.78 is 35.8. The summed E-state index contributed by atoms with van der Waals surface area (Å²) in [5.41, 5.74) is 6.59. The van der Waals surface area contributed by atoms with Crippen LogP contribution in [0.15, 0.2) is 27.3 Å². The first kappa shape index (κ1) is 19.0. The number of hydrogen-bond donors (Lipinski definition) is 2. The average molecular weight is 478 g/mol. The third-order valence-corrected chi connectivity index (χ3v) is 7.20. The number of thiophene rings is 1. The Morgan fingerprint density at radius 1 is 1.44 bits per heavy atom. The average Bonchev–Trinajstić information content (AvgIpc) is 3.22. The van der Waals surface area contributed by atoms with Crippen molar-refractivity contribution in [2.45, 2.75) is 43.7 Å². The van der Waals surface area contributed by atoms with Gasteiger partial charge in [0.2, 0.25) is 5.28 Å². The molecule has 0 aromatic carbocycles. The molecule has 0 aliphatic heterocycles. The van der Waals surface area contributed by atoms with Gasteiger partial charge in [0.1, 0.15) is 17.1 Å². The Hall–Kier alpha value is -1.29. The molecule has 144 valence electrons. The van der Waals surface area contributed by atoms with Gasteiger partial charge in [-0.15, -0.1) is 11.3 Å². The predicted molar refractivity (Wildman–Crippen MR) is 106 cm³/mol. The van der Waals surface area contributed by atoms with Crippen molar-refractivity contribution in [3.63, 3.8) is 0 Å². The van der Waals surface area contributed by atoms with Crippen LogP contribution in [0.1, 0.15) is 35.8 Å². The largest absolute Gasteiger partial charge is 0.467 e. The van der Waals surface area contributed by atoms with Crippen molar-refractivity contribution in [1.29, 1.82) is 0 Å². The van der Waals surface area contributed by atoms with E-state index >= 15 is 0 Å². The van der Waals surface area contributed by atoms with Crippen LogP contribution >= 0.6 is 38.9 Å². The van der Waals surface area contributed by atoms with Gasteiger partial charge in [0.15, 0.2) is 0 Å². The first-order chi connectivity index (χ1) is 12.9. The molecule has 0 saturated heterocycles. The van der Waals surface area contributed by atoms with Crippen LogP contribution in [0.25, 0.3) is 10.2 Å². The molecule has 3 N–H and O–H groups in total. The molecule has 3 aromatic rings. The van der Waals surface area contributed by atoms with Crippen molar-refractivity contribution in [2.24, 2.45) is 5.73 Å². The van der Waals surface area contributed by atoms with Gasteiger partial charge in [-0.1, -0.05) is 0 Å². The quantitative estimate of drug-likeness (QED) is 0.482. The van der Waals surface area contributed by atoms with E-state index in [0.29, 0.717) is 44.8 Å².